The fourth-order valence-electron chi connectivity index (χ4n) is 2.72. The Balaban J connectivity index is 2.03. The number of hydrogen-bond donors (Lipinski definition) is 0. The van der Waals surface area contributed by atoms with Crippen molar-refractivity contribution in [3.8, 4) is 6.07 Å². The summed E-state index contributed by atoms with van der Waals surface area (Å²) in [6, 6.07) is 4.43. The standard InChI is InChI=1S/C17H24FN3/c1-12(2)6-15(8-19)17-7-14(13(3)9-20-17)4-5-21-10-16(18)11-21/h7,9,12,15-16H,4-6,10-11H2,1-3H3. The van der Waals surface area contributed by atoms with E-state index in [0.717, 1.165) is 30.6 Å². The first-order valence-electron chi connectivity index (χ1n) is 7.71. The summed E-state index contributed by atoms with van der Waals surface area (Å²) >= 11 is 0. The van der Waals surface area contributed by atoms with Crippen molar-refractivity contribution in [1.82, 2.24) is 9.88 Å². The molecule has 1 fully saturated rings. The number of nitriles is 1. The van der Waals surface area contributed by atoms with Crippen LogP contribution in [-0.2, 0) is 6.42 Å². The molecule has 1 aromatic rings. The fourth-order valence-corrected chi connectivity index (χ4v) is 2.72. The van der Waals surface area contributed by atoms with Gasteiger partial charge in [0.1, 0.15) is 6.17 Å². The maximum absolute atomic E-state index is 12.8. The van der Waals surface area contributed by atoms with Gasteiger partial charge in [0.05, 0.1) is 17.7 Å². The topological polar surface area (TPSA) is 39.9 Å². The first-order valence-corrected chi connectivity index (χ1v) is 7.71. The number of halogens is 1. The molecule has 0 bridgehead atoms. The van der Waals surface area contributed by atoms with E-state index >= 15 is 0 Å². The van der Waals surface area contributed by atoms with Gasteiger partial charge in [-0.1, -0.05) is 13.8 Å². The van der Waals surface area contributed by atoms with Crippen molar-refractivity contribution in [3.05, 3.63) is 29.1 Å². The zero-order valence-electron chi connectivity index (χ0n) is 13.1. The third kappa shape index (κ3) is 4.25. The molecule has 0 aliphatic carbocycles. The maximum atomic E-state index is 12.8. The third-order valence-corrected chi connectivity index (χ3v) is 4.07. The monoisotopic (exact) mass is 289 g/mol. The van der Waals surface area contributed by atoms with Gasteiger partial charge in [-0.15, -0.1) is 0 Å². The molecule has 21 heavy (non-hydrogen) atoms. The summed E-state index contributed by atoms with van der Waals surface area (Å²) < 4.78 is 12.8. The minimum Gasteiger partial charge on any atom is -0.297 e. The molecule has 2 rings (SSSR count). The Labute approximate surface area is 126 Å². The average molecular weight is 289 g/mol. The van der Waals surface area contributed by atoms with E-state index in [0.29, 0.717) is 19.0 Å². The summed E-state index contributed by atoms with van der Waals surface area (Å²) in [6.45, 7) is 8.29. The molecule has 0 saturated carbocycles. The van der Waals surface area contributed by atoms with E-state index in [1.807, 2.05) is 13.1 Å². The fraction of sp³-hybridized carbons (Fsp3) is 0.647. The summed E-state index contributed by atoms with van der Waals surface area (Å²) in [5.41, 5.74) is 3.25. The first kappa shape index (κ1) is 15.9. The van der Waals surface area contributed by atoms with E-state index in [2.05, 4.69) is 35.9 Å². The van der Waals surface area contributed by atoms with Gasteiger partial charge < -0.3 is 0 Å². The Morgan fingerprint density at radius 2 is 2.19 bits per heavy atom. The van der Waals surface area contributed by atoms with Crippen LogP contribution in [0, 0.1) is 24.2 Å². The molecule has 1 saturated heterocycles. The predicted octanol–water partition coefficient (Wildman–Crippen LogP) is 3.24. The van der Waals surface area contributed by atoms with Crippen molar-refractivity contribution in [3.63, 3.8) is 0 Å². The number of rotatable bonds is 6. The Kier molecular flexibility index (Phi) is 5.30. The molecule has 0 N–H and O–H groups in total. The van der Waals surface area contributed by atoms with Crippen LogP contribution in [0.4, 0.5) is 4.39 Å². The van der Waals surface area contributed by atoms with Crippen LogP contribution in [0.1, 0.15) is 43.0 Å². The summed E-state index contributed by atoms with van der Waals surface area (Å²) in [5, 5.41) is 9.34. The van der Waals surface area contributed by atoms with Gasteiger partial charge >= 0.3 is 0 Å². The second-order valence-corrected chi connectivity index (χ2v) is 6.45. The lowest BCUT2D eigenvalue weighted by Crippen LogP contribution is -2.48. The van der Waals surface area contributed by atoms with Gasteiger partial charge in [0.2, 0.25) is 0 Å². The largest absolute Gasteiger partial charge is 0.297 e. The normalized spacial score (nSPS) is 17.5. The van der Waals surface area contributed by atoms with Gasteiger partial charge in [-0.3, -0.25) is 9.88 Å². The van der Waals surface area contributed by atoms with Crippen LogP contribution in [0.2, 0.25) is 0 Å². The molecule has 0 spiro atoms. The lowest BCUT2D eigenvalue weighted by molar-refractivity contribution is 0.0670. The third-order valence-electron chi connectivity index (χ3n) is 4.07. The van der Waals surface area contributed by atoms with E-state index in [-0.39, 0.29) is 5.92 Å². The Morgan fingerprint density at radius 3 is 2.76 bits per heavy atom. The van der Waals surface area contributed by atoms with Crippen LogP contribution in [0.5, 0.6) is 0 Å². The lowest BCUT2D eigenvalue weighted by Gasteiger charge is -2.34. The summed E-state index contributed by atoms with van der Waals surface area (Å²) in [7, 11) is 0. The van der Waals surface area contributed by atoms with Crippen molar-refractivity contribution in [1.29, 1.82) is 5.26 Å². The van der Waals surface area contributed by atoms with E-state index in [1.165, 1.54) is 5.56 Å². The number of hydrogen-bond acceptors (Lipinski definition) is 3. The quantitative estimate of drug-likeness (QED) is 0.807. The molecule has 0 radical (unpaired) electrons. The molecule has 0 amide bonds. The first-order chi connectivity index (χ1) is 9.99. The van der Waals surface area contributed by atoms with Crippen LogP contribution in [-0.4, -0.2) is 35.7 Å². The van der Waals surface area contributed by atoms with Gasteiger partial charge in [-0.25, -0.2) is 4.39 Å². The highest BCUT2D eigenvalue weighted by molar-refractivity contribution is 5.29. The number of likely N-dealkylation sites (tertiary alicyclic amines) is 1. The highest BCUT2D eigenvalue weighted by Crippen LogP contribution is 2.23. The molecular weight excluding hydrogens is 265 g/mol. The Bertz CT molecular complexity index is 515. The van der Waals surface area contributed by atoms with Crippen molar-refractivity contribution >= 4 is 0 Å². The minimum atomic E-state index is -0.645. The van der Waals surface area contributed by atoms with Crippen molar-refractivity contribution in [2.24, 2.45) is 5.92 Å². The molecule has 1 unspecified atom stereocenters. The van der Waals surface area contributed by atoms with Crippen LogP contribution in [0.25, 0.3) is 0 Å². The van der Waals surface area contributed by atoms with Gasteiger partial charge in [0.25, 0.3) is 0 Å². The summed E-state index contributed by atoms with van der Waals surface area (Å²) in [6.07, 6.45) is 2.95. The highest BCUT2D eigenvalue weighted by Gasteiger charge is 2.25. The molecule has 114 valence electrons. The van der Waals surface area contributed by atoms with Gasteiger partial charge in [0.15, 0.2) is 0 Å². The second-order valence-electron chi connectivity index (χ2n) is 6.45. The highest BCUT2D eigenvalue weighted by atomic mass is 19.1. The molecule has 1 atom stereocenters. The Hall–Kier alpha value is -1.47. The van der Waals surface area contributed by atoms with Crippen LogP contribution in [0.3, 0.4) is 0 Å². The number of nitrogens with zero attached hydrogens (tertiary/aromatic N) is 3. The molecule has 2 heterocycles. The predicted molar refractivity (Wildman–Crippen MR) is 81.8 cm³/mol. The number of aryl methyl sites for hydroxylation is 1. The number of aromatic nitrogens is 1. The van der Waals surface area contributed by atoms with E-state index in [9.17, 15) is 9.65 Å². The van der Waals surface area contributed by atoms with Gasteiger partial charge in [0, 0.05) is 25.8 Å². The van der Waals surface area contributed by atoms with E-state index in [4.69, 9.17) is 0 Å². The summed E-state index contributed by atoms with van der Waals surface area (Å²) in [5.74, 6) is 0.340. The molecular formula is C17H24FN3. The van der Waals surface area contributed by atoms with Gasteiger partial charge in [-0.05, 0) is 42.9 Å². The zero-order chi connectivity index (χ0) is 15.4. The number of alkyl halides is 1. The number of pyridine rings is 1. The smallest absolute Gasteiger partial charge is 0.125 e. The molecule has 1 aliphatic rings. The Morgan fingerprint density at radius 1 is 1.48 bits per heavy atom. The second kappa shape index (κ2) is 7.00. The van der Waals surface area contributed by atoms with Gasteiger partial charge in [-0.2, -0.15) is 5.26 Å². The van der Waals surface area contributed by atoms with Crippen molar-refractivity contribution < 1.29 is 4.39 Å². The zero-order valence-corrected chi connectivity index (χ0v) is 13.1. The average Bonchev–Trinajstić information content (AvgIpc) is 2.41. The van der Waals surface area contributed by atoms with Crippen LogP contribution < -0.4 is 0 Å². The van der Waals surface area contributed by atoms with Crippen LogP contribution >= 0.6 is 0 Å². The summed E-state index contributed by atoms with van der Waals surface area (Å²) in [4.78, 5) is 6.57. The van der Waals surface area contributed by atoms with E-state index < -0.39 is 6.17 Å². The molecule has 1 aromatic heterocycles. The minimum absolute atomic E-state index is 0.136. The maximum Gasteiger partial charge on any atom is 0.125 e. The molecule has 4 heteroatoms. The SMILES string of the molecule is Cc1cnc(C(C#N)CC(C)C)cc1CCN1CC(F)C1. The van der Waals surface area contributed by atoms with Crippen molar-refractivity contribution in [2.75, 3.05) is 19.6 Å². The van der Waals surface area contributed by atoms with Crippen LogP contribution in [0.15, 0.2) is 12.3 Å². The lowest BCUT2D eigenvalue weighted by atomic mass is 9.93. The molecule has 3 nitrogen and oxygen atoms in total. The van der Waals surface area contributed by atoms with E-state index in [1.54, 1.807) is 0 Å². The molecule has 1 aliphatic heterocycles. The molecule has 0 aromatic carbocycles. The van der Waals surface area contributed by atoms with Crippen molar-refractivity contribution in [2.45, 2.75) is 45.7 Å².